The van der Waals surface area contributed by atoms with E-state index in [0.29, 0.717) is 42.6 Å². The molecule has 0 aliphatic carbocycles. The van der Waals surface area contributed by atoms with Crippen molar-refractivity contribution in [2.24, 2.45) is 5.41 Å². The minimum atomic E-state index is -4.00. The molecule has 9 heteroatoms. The van der Waals surface area contributed by atoms with Crippen molar-refractivity contribution in [1.29, 1.82) is 0 Å². The van der Waals surface area contributed by atoms with Crippen LogP contribution in [0.2, 0.25) is 0 Å². The van der Waals surface area contributed by atoms with Crippen molar-refractivity contribution in [3.63, 3.8) is 0 Å². The molecule has 0 fully saturated rings. The lowest BCUT2D eigenvalue weighted by Crippen LogP contribution is -2.43. The third kappa shape index (κ3) is 7.77. The number of aliphatic hydroxyl groups excluding tert-OH is 1. The summed E-state index contributed by atoms with van der Waals surface area (Å²) >= 11 is 0. The summed E-state index contributed by atoms with van der Waals surface area (Å²) in [5, 5.41) is 11.6. The van der Waals surface area contributed by atoms with Gasteiger partial charge in [0.15, 0.2) is 5.03 Å². The van der Waals surface area contributed by atoms with Crippen LogP contribution >= 0.6 is 0 Å². The van der Waals surface area contributed by atoms with Gasteiger partial charge in [-0.2, -0.15) is 8.42 Å². The highest BCUT2D eigenvalue weighted by Crippen LogP contribution is 2.47. The van der Waals surface area contributed by atoms with Crippen LogP contribution in [0.5, 0.6) is 0 Å². The summed E-state index contributed by atoms with van der Waals surface area (Å²) in [6, 6.07) is 29.8. The SMILES string of the molecule is CC(C)(C)[C@@H](C1=C(O)CC(CCc2ccccc2)(CCc2ccccc2)OC1=O)c1cccc(NS(=O)(=O)c2ccc(N)cn2)c1. The molecule has 0 spiro atoms. The predicted molar refractivity (Wildman–Crippen MR) is 181 cm³/mol. The molecular formula is C37H41N3O5S. The van der Waals surface area contributed by atoms with Crippen LogP contribution in [0.25, 0.3) is 0 Å². The number of benzene rings is 3. The van der Waals surface area contributed by atoms with Crippen LogP contribution < -0.4 is 10.5 Å². The molecule has 1 atom stereocenters. The van der Waals surface area contributed by atoms with E-state index >= 15 is 0 Å². The van der Waals surface area contributed by atoms with Crippen LogP contribution in [-0.4, -0.2) is 30.1 Å². The van der Waals surface area contributed by atoms with E-state index in [1.807, 2.05) is 63.2 Å². The predicted octanol–water partition coefficient (Wildman–Crippen LogP) is 7.36. The minimum absolute atomic E-state index is 0.00866. The molecule has 0 amide bonds. The van der Waals surface area contributed by atoms with Crippen LogP contribution in [0, 0.1) is 5.41 Å². The van der Waals surface area contributed by atoms with Gasteiger partial charge in [0, 0.05) is 18.0 Å². The Balaban J connectivity index is 1.47. The number of nitrogen functional groups attached to an aromatic ring is 1. The highest BCUT2D eigenvalue weighted by atomic mass is 32.2. The first-order chi connectivity index (χ1) is 21.9. The van der Waals surface area contributed by atoms with E-state index < -0.39 is 32.9 Å². The zero-order valence-corrected chi connectivity index (χ0v) is 27.3. The first-order valence-corrected chi connectivity index (χ1v) is 16.9. The number of nitrogens with one attached hydrogen (secondary N) is 1. The number of carbonyl (C=O) groups is 1. The van der Waals surface area contributed by atoms with Crippen molar-refractivity contribution < 1.29 is 23.1 Å². The quantitative estimate of drug-likeness (QED) is 0.146. The Hall–Kier alpha value is -4.63. The van der Waals surface area contributed by atoms with Crippen molar-refractivity contribution >= 4 is 27.4 Å². The monoisotopic (exact) mass is 639 g/mol. The molecule has 0 unspecified atom stereocenters. The number of hydrogen-bond donors (Lipinski definition) is 3. The van der Waals surface area contributed by atoms with Gasteiger partial charge < -0.3 is 15.6 Å². The molecule has 5 rings (SSSR count). The van der Waals surface area contributed by atoms with E-state index in [9.17, 15) is 18.3 Å². The molecule has 0 saturated carbocycles. The number of aliphatic hydroxyl groups is 1. The summed E-state index contributed by atoms with van der Waals surface area (Å²) in [6.45, 7) is 5.94. The number of sulfonamides is 1. The first-order valence-electron chi connectivity index (χ1n) is 15.4. The first kappa shape index (κ1) is 32.8. The number of nitrogens with two attached hydrogens (primary N) is 1. The number of nitrogens with zero attached hydrogens (tertiary/aromatic N) is 1. The van der Waals surface area contributed by atoms with Crippen LogP contribution in [-0.2, 0) is 32.4 Å². The van der Waals surface area contributed by atoms with Crippen molar-refractivity contribution in [3.05, 3.63) is 131 Å². The Labute approximate surface area is 271 Å². The zero-order chi connectivity index (χ0) is 33.0. The number of esters is 1. The second kappa shape index (κ2) is 13.4. The van der Waals surface area contributed by atoms with E-state index in [-0.39, 0.29) is 22.8 Å². The summed E-state index contributed by atoms with van der Waals surface area (Å²) in [7, 11) is -4.00. The maximum atomic E-state index is 14.1. The smallest absolute Gasteiger partial charge is 0.338 e. The minimum Gasteiger partial charge on any atom is -0.512 e. The zero-order valence-electron chi connectivity index (χ0n) is 26.4. The van der Waals surface area contributed by atoms with Crippen LogP contribution in [0.1, 0.15) is 62.6 Å². The fourth-order valence-corrected chi connectivity index (χ4v) is 7.15. The third-order valence-electron chi connectivity index (χ3n) is 8.42. The van der Waals surface area contributed by atoms with Crippen LogP contribution in [0.4, 0.5) is 11.4 Å². The average Bonchev–Trinajstić information content (AvgIpc) is 3.01. The number of aromatic nitrogens is 1. The van der Waals surface area contributed by atoms with E-state index in [4.69, 9.17) is 10.5 Å². The van der Waals surface area contributed by atoms with Gasteiger partial charge in [-0.25, -0.2) is 9.78 Å². The number of pyridine rings is 1. The summed E-state index contributed by atoms with van der Waals surface area (Å²) in [4.78, 5) is 18.0. The molecule has 1 aliphatic heterocycles. The van der Waals surface area contributed by atoms with Crippen molar-refractivity contribution in [3.8, 4) is 0 Å². The molecule has 3 aromatic carbocycles. The van der Waals surface area contributed by atoms with Crippen molar-refractivity contribution in [2.75, 3.05) is 10.5 Å². The number of cyclic esters (lactones) is 1. The van der Waals surface area contributed by atoms with Gasteiger partial charge in [0.1, 0.15) is 11.4 Å². The molecular weight excluding hydrogens is 598 g/mol. The van der Waals surface area contributed by atoms with E-state index in [2.05, 4.69) is 34.0 Å². The van der Waals surface area contributed by atoms with Gasteiger partial charge >= 0.3 is 5.97 Å². The molecule has 2 heterocycles. The van der Waals surface area contributed by atoms with Crippen molar-refractivity contribution in [1.82, 2.24) is 4.98 Å². The Kier molecular flexibility index (Phi) is 9.53. The summed E-state index contributed by atoms with van der Waals surface area (Å²) in [5.41, 5.74) is 8.03. The van der Waals surface area contributed by atoms with Gasteiger partial charge in [-0.3, -0.25) is 4.72 Å². The molecule has 0 radical (unpaired) electrons. The normalized spacial score (nSPS) is 15.7. The van der Waals surface area contributed by atoms with Crippen LogP contribution in [0.15, 0.2) is 120 Å². The second-order valence-electron chi connectivity index (χ2n) is 13.0. The lowest BCUT2D eigenvalue weighted by atomic mass is 9.70. The number of rotatable bonds is 11. The van der Waals surface area contributed by atoms with Crippen molar-refractivity contribution in [2.45, 2.75) is 69.4 Å². The molecule has 0 saturated heterocycles. The number of hydrogen-bond acceptors (Lipinski definition) is 7. The fourth-order valence-electron chi connectivity index (χ4n) is 6.17. The molecule has 4 aromatic rings. The topological polar surface area (TPSA) is 132 Å². The van der Waals surface area contributed by atoms with Gasteiger partial charge in [-0.05, 0) is 72.1 Å². The van der Waals surface area contributed by atoms with E-state index in [0.717, 1.165) is 11.1 Å². The van der Waals surface area contributed by atoms with Gasteiger partial charge in [0.05, 0.1) is 17.5 Å². The molecule has 46 heavy (non-hydrogen) atoms. The summed E-state index contributed by atoms with van der Waals surface area (Å²) in [6.07, 6.45) is 3.98. The molecule has 8 nitrogen and oxygen atoms in total. The van der Waals surface area contributed by atoms with E-state index in [1.54, 1.807) is 18.2 Å². The largest absolute Gasteiger partial charge is 0.512 e. The molecule has 1 aliphatic rings. The number of anilines is 2. The Morgan fingerprint density at radius 3 is 2.04 bits per heavy atom. The Bertz CT molecular complexity index is 1760. The van der Waals surface area contributed by atoms with Gasteiger partial charge in [0.2, 0.25) is 0 Å². The lowest BCUT2D eigenvalue weighted by molar-refractivity contribution is -0.161. The number of aryl methyl sites for hydroxylation is 2. The Morgan fingerprint density at radius 1 is 0.913 bits per heavy atom. The molecule has 0 bridgehead atoms. The fraction of sp³-hybridized carbons (Fsp3) is 0.297. The highest BCUT2D eigenvalue weighted by molar-refractivity contribution is 7.92. The molecule has 4 N–H and O–H groups in total. The summed E-state index contributed by atoms with van der Waals surface area (Å²) < 4.78 is 35.1. The lowest BCUT2D eigenvalue weighted by Gasteiger charge is -2.41. The van der Waals surface area contributed by atoms with Crippen LogP contribution in [0.3, 0.4) is 0 Å². The second-order valence-corrected chi connectivity index (χ2v) is 14.7. The number of carbonyl (C=O) groups excluding carboxylic acids is 1. The standard InChI is InChI=1S/C37H41N3O5S/c1-36(2,3)34(28-15-10-16-30(23-28)40-46(43,44)32-18-17-29(38)25-39-32)33-31(41)24-37(45-35(33)42,21-19-26-11-6-4-7-12-26)22-20-27-13-8-5-9-14-27/h4-18,23,25,34,40-41H,19-22,24,38H2,1-3H3/t34-/m1/s1. The van der Waals surface area contributed by atoms with Gasteiger partial charge in [-0.15, -0.1) is 0 Å². The average molecular weight is 640 g/mol. The Morgan fingerprint density at radius 2 is 1.52 bits per heavy atom. The number of ether oxygens (including phenoxy) is 1. The maximum Gasteiger partial charge on any atom is 0.338 e. The molecule has 1 aromatic heterocycles. The maximum absolute atomic E-state index is 14.1. The molecule has 240 valence electrons. The van der Waals surface area contributed by atoms with E-state index in [1.165, 1.54) is 18.3 Å². The van der Waals surface area contributed by atoms with Gasteiger partial charge in [-0.1, -0.05) is 93.6 Å². The highest BCUT2D eigenvalue weighted by Gasteiger charge is 2.46. The third-order valence-corrected chi connectivity index (χ3v) is 9.71. The summed E-state index contributed by atoms with van der Waals surface area (Å²) in [5.74, 6) is -1.13. The van der Waals surface area contributed by atoms with Gasteiger partial charge in [0.25, 0.3) is 10.0 Å².